The van der Waals surface area contributed by atoms with E-state index in [1.165, 1.54) is 19.3 Å². The lowest BCUT2D eigenvalue weighted by molar-refractivity contribution is -0.122. The van der Waals surface area contributed by atoms with Crippen LogP contribution in [0.2, 0.25) is 0 Å². The summed E-state index contributed by atoms with van der Waals surface area (Å²) in [5.74, 6) is 0.480. The fourth-order valence-corrected chi connectivity index (χ4v) is 2.11. The van der Waals surface area contributed by atoms with E-state index in [1.807, 2.05) is 30.3 Å². The lowest BCUT2D eigenvalue weighted by Gasteiger charge is -2.17. The number of nitrogens with one attached hydrogen (secondary N) is 1. The molecule has 4 heteroatoms. The number of halogens is 1. The van der Waals surface area contributed by atoms with E-state index in [0.29, 0.717) is 5.92 Å². The standard InChI is InChI=1S/C16H26N2O.ClH/c1-3-5-9-13(4-2)12-18-16(19)15(17)14-10-7-6-8-11-14;/h6-8,10-11,13,15H,3-5,9,12,17H2,1-2H3,(H,18,19);1H. The van der Waals surface area contributed by atoms with E-state index in [4.69, 9.17) is 5.73 Å². The zero-order chi connectivity index (χ0) is 14.1. The maximum absolute atomic E-state index is 12.0. The number of amides is 1. The summed E-state index contributed by atoms with van der Waals surface area (Å²) in [6.45, 7) is 5.09. The molecule has 2 unspecified atom stereocenters. The van der Waals surface area contributed by atoms with Gasteiger partial charge in [0.1, 0.15) is 6.04 Å². The molecule has 20 heavy (non-hydrogen) atoms. The van der Waals surface area contributed by atoms with Crippen molar-refractivity contribution in [3.8, 4) is 0 Å². The largest absolute Gasteiger partial charge is 0.354 e. The van der Waals surface area contributed by atoms with Gasteiger partial charge in [-0.25, -0.2) is 0 Å². The van der Waals surface area contributed by atoms with Crippen molar-refractivity contribution < 1.29 is 4.79 Å². The van der Waals surface area contributed by atoms with Crippen molar-refractivity contribution in [3.63, 3.8) is 0 Å². The van der Waals surface area contributed by atoms with E-state index in [0.717, 1.165) is 18.5 Å². The summed E-state index contributed by atoms with van der Waals surface area (Å²) in [6, 6.07) is 8.94. The van der Waals surface area contributed by atoms with Crippen LogP contribution in [0.15, 0.2) is 30.3 Å². The average Bonchev–Trinajstić information content (AvgIpc) is 2.47. The van der Waals surface area contributed by atoms with Crippen LogP contribution < -0.4 is 11.1 Å². The van der Waals surface area contributed by atoms with Gasteiger partial charge in [0.2, 0.25) is 5.91 Å². The molecule has 1 amide bonds. The first-order valence-electron chi connectivity index (χ1n) is 7.27. The maximum Gasteiger partial charge on any atom is 0.241 e. The third-order valence-corrected chi connectivity index (χ3v) is 3.55. The van der Waals surface area contributed by atoms with Gasteiger partial charge in [-0.2, -0.15) is 0 Å². The summed E-state index contributed by atoms with van der Waals surface area (Å²) in [5, 5.41) is 2.98. The highest BCUT2D eigenvalue weighted by Crippen LogP contribution is 2.13. The Labute approximate surface area is 128 Å². The molecule has 0 aliphatic carbocycles. The molecule has 2 atom stereocenters. The second-order valence-corrected chi connectivity index (χ2v) is 5.05. The maximum atomic E-state index is 12.0. The highest BCUT2D eigenvalue weighted by molar-refractivity contribution is 5.85. The molecule has 0 fully saturated rings. The number of rotatable bonds is 8. The van der Waals surface area contributed by atoms with Gasteiger partial charge >= 0.3 is 0 Å². The van der Waals surface area contributed by atoms with Crippen LogP contribution in [0.3, 0.4) is 0 Å². The molecule has 1 aromatic rings. The van der Waals surface area contributed by atoms with Gasteiger partial charge in [0.15, 0.2) is 0 Å². The molecule has 0 bridgehead atoms. The SMILES string of the molecule is CCCCC(CC)CNC(=O)C(N)c1ccccc1.Cl. The monoisotopic (exact) mass is 298 g/mol. The smallest absolute Gasteiger partial charge is 0.241 e. The minimum Gasteiger partial charge on any atom is -0.354 e. The van der Waals surface area contributed by atoms with E-state index < -0.39 is 6.04 Å². The number of carbonyl (C=O) groups is 1. The summed E-state index contributed by atoms with van der Waals surface area (Å²) in [6.07, 6.45) is 4.70. The van der Waals surface area contributed by atoms with E-state index >= 15 is 0 Å². The van der Waals surface area contributed by atoms with E-state index in [1.54, 1.807) is 0 Å². The summed E-state index contributed by atoms with van der Waals surface area (Å²) in [7, 11) is 0. The van der Waals surface area contributed by atoms with E-state index in [9.17, 15) is 4.79 Å². The van der Waals surface area contributed by atoms with Gasteiger partial charge in [0, 0.05) is 6.54 Å². The van der Waals surface area contributed by atoms with Crippen molar-refractivity contribution in [2.24, 2.45) is 11.7 Å². The van der Waals surface area contributed by atoms with Crippen LogP contribution in [0.4, 0.5) is 0 Å². The first-order valence-corrected chi connectivity index (χ1v) is 7.27. The van der Waals surface area contributed by atoms with E-state index in [2.05, 4.69) is 19.2 Å². The first-order chi connectivity index (χ1) is 9.19. The molecule has 0 aliphatic heterocycles. The molecule has 0 spiro atoms. The van der Waals surface area contributed by atoms with Crippen LogP contribution in [0, 0.1) is 5.92 Å². The minimum absolute atomic E-state index is 0. The van der Waals surface area contributed by atoms with Crippen LogP contribution in [0.1, 0.15) is 51.1 Å². The second kappa shape index (κ2) is 10.7. The second-order valence-electron chi connectivity index (χ2n) is 5.05. The Morgan fingerprint density at radius 3 is 2.45 bits per heavy atom. The molecule has 3 nitrogen and oxygen atoms in total. The Hall–Kier alpha value is -1.06. The summed E-state index contributed by atoms with van der Waals surface area (Å²) < 4.78 is 0. The van der Waals surface area contributed by atoms with Gasteiger partial charge in [-0.15, -0.1) is 12.4 Å². The number of carbonyl (C=O) groups excluding carboxylic acids is 1. The normalized spacial score (nSPS) is 13.2. The molecule has 0 saturated heterocycles. The molecule has 114 valence electrons. The van der Waals surface area contributed by atoms with Crippen molar-refractivity contribution in [2.45, 2.75) is 45.6 Å². The Balaban J connectivity index is 0.00000361. The van der Waals surface area contributed by atoms with Crippen LogP contribution in [-0.2, 0) is 4.79 Å². The Bertz CT molecular complexity index is 370. The van der Waals surface area contributed by atoms with Gasteiger partial charge in [0.05, 0.1) is 0 Å². The average molecular weight is 299 g/mol. The molecule has 0 aromatic heterocycles. The van der Waals surface area contributed by atoms with Crippen molar-refractivity contribution in [2.75, 3.05) is 6.54 Å². The van der Waals surface area contributed by atoms with Crippen molar-refractivity contribution in [1.82, 2.24) is 5.32 Å². The summed E-state index contributed by atoms with van der Waals surface area (Å²) in [4.78, 5) is 12.0. The fourth-order valence-electron chi connectivity index (χ4n) is 2.11. The quantitative estimate of drug-likeness (QED) is 0.772. The number of nitrogens with two attached hydrogens (primary N) is 1. The van der Waals surface area contributed by atoms with Crippen LogP contribution in [0.25, 0.3) is 0 Å². The highest BCUT2D eigenvalue weighted by atomic mass is 35.5. The molecule has 1 rings (SSSR count). The predicted molar refractivity (Wildman–Crippen MR) is 86.9 cm³/mol. The number of hydrogen-bond donors (Lipinski definition) is 2. The topological polar surface area (TPSA) is 55.1 Å². The van der Waals surface area contributed by atoms with Crippen molar-refractivity contribution in [1.29, 1.82) is 0 Å². The molecule has 0 heterocycles. The highest BCUT2D eigenvalue weighted by Gasteiger charge is 2.16. The first kappa shape index (κ1) is 18.9. The molecule has 0 saturated carbocycles. The molecule has 3 N–H and O–H groups in total. The van der Waals surface area contributed by atoms with Gasteiger partial charge in [-0.3, -0.25) is 4.79 Å². The Kier molecular flexibility index (Phi) is 10.1. The third kappa shape index (κ3) is 6.40. The molecular formula is C16H27ClN2O. The van der Waals surface area contributed by atoms with Crippen LogP contribution >= 0.6 is 12.4 Å². The molecular weight excluding hydrogens is 272 g/mol. The van der Waals surface area contributed by atoms with Gasteiger partial charge < -0.3 is 11.1 Å². The van der Waals surface area contributed by atoms with Crippen LogP contribution in [-0.4, -0.2) is 12.5 Å². The minimum atomic E-state index is -0.565. The molecule has 0 aliphatic rings. The molecule has 1 aromatic carbocycles. The summed E-state index contributed by atoms with van der Waals surface area (Å²) in [5.41, 5.74) is 6.82. The van der Waals surface area contributed by atoms with E-state index in [-0.39, 0.29) is 18.3 Å². The lowest BCUT2D eigenvalue weighted by atomic mass is 9.99. The summed E-state index contributed by atoms with van der Waals surface area (Å²) >= 11 is 0. The van der Waals surface area contributed by atoms with Gasteiger partial charge in [-0.1, -0.05) is 63.4 Å². The zero-order valence-corrected chi connectivity index (χ0v) is 13.3. The van der Waals surface area contributed by atoms with Crippen LogP contribution in [0.5, 0.6) is 0 Å². The Morgan fingerprint density at radius 1 is 1.25 bits per heavy atom. The number of hydrogen-bond acceptors (Lipinski definition) is 2. The number of benzene rings is 1. The fraction of sp³-hybridized carbons (Fsp3) is 0.562. The lowest BCUT2D eigenvalue weighted by Crippen LogP contribution is -2.36. The van der Waals surface area contributed by atoms with Crippen molar-refractivity contribution in [3.05, 3.63) is 35.9 Å². The zero-order valence-electron chi connectivity index (χ0n) is 12.5. The predicted octanol–water partition coefficient (Wildman–Crippen LogP) is 3.44. The van der Waals surface area contributed by atoms with Gasteiger partial charge in [-0.05, 0) is 17.9 Å². The van der Waals surface area contributed by atoms with Gasteiger partial charge in [0.25, 0.3) is 0 Å². The Morgan fingerprint density at radius 2 is 1.90 bits per heavy atom. The third-order valence-electron chi connectivity index (χ3n) is 3.55. The number of unbranched alkanes of at least 4 members (excludes halogenated alkanes) is 1. The van der Waals surface area contributed by atoms with Crippen molar-refractivity contribution >= 4 is 18.3 Å². The molecule has 0 radical (unpaired) electrons.